The Bertz CT molecular complexity index is 539. The fraction of sp³-hybridized carbons (Fsp3) is 0.600. The average Bonchev–Trinajstić information content (AvgIpc) is 2.85. The van der Waals surface area contributed by atoms with Crippen molar-refractivity contribution in [2.24, 2.45) is 11.1 Å². The van der Waals surface area contributed by atoms with Gasteiger partial charge in [0.15, 0.2) is 0 Å². The average molecular weight is 296 g/mol. The van der Waals surface area contributed by atoms with E-state index in [0.717, 1.165) is 11.5 Å². The Morgan fingerprint density at radius 1 is 1.30 bits per heavy atom. The standard InChI is InChI=1S/C15H24N2O2S/c1-3-12-5-4-6-15(12)17-11(2)13-7-9-14(10-8-13)20(16,18)19/h7-12,15,17H,3-6H2,1-2H3,(H2,16,18,19). The Labute approximate surface area is 121 Å². The molecule has 0 aromatic heterocycles. The zero-order chi connectivity index (χ0) is 14.8. The van der Waals surface area contributed by atoms with Gasteiger partial charge in [0.1, 0.15) is 0 Å². The summed E-state index contributed by atoms with van der Waals surface area (Å²) in [5.74, 6) is 0.765. The van der Waals surface area contributed by atoms with E-state index in [1.807, 2.05) is 12.1 Å². The van der Waals surface area contributed by atoms with Crippen molar-refractivity contribution in [2.45, 2.75) is 56.5 Å². The molecule has 1 fully saturated rings. The molecule has 0 aliphatic heterocycles. The van der Waals surface area contributed by atoms with Gasteiger partial charge in [-0.1, -0.05) is 31.9 Å². The van der Waals surface area contributed by atoms with Crippen LogP contribution in [0.2, 0.25) is 0 Å². The predicted molar refractivity (Wildman–Crippen MR) is 80.8 cm³/mol. The van der Waals surface area contributed by atoms with Crippen LogP contribution >= 0.6 is 0 Å². The molecule has 0 bridgehead atoms. The smallest absolute Gasteiger partial charge is 0.238 e. The van der Waals surface area contributed by atoms with E-state index in [-0.39, 0.29) is 10.9 Å². The lowest BCUT2D eigenvalue weighted by molar-refractivity contribution is 0.360. The van der Waals surface area contributed by atoms with Crippen molar-refractivity contribution < 1.29 is 8.42 Å². The monoisotopic (exact) mass is 296 g/mol. The maximum Gasteiger partial charge on any atom is 0.238 e. The summed E-state index contributed by atoms with van der Waals surface area (Å²) in [5, 5.41) is 8.78. The van der Waals surface area contributed by atoms with Gasteiger partial charge in [-0.15, -0.1) is 0 Å². The summed E-state index contributed by atoms with van der Waals surface area (Å²) in [6.07, 6.45) is 5.06. The topological polar surface area (TPSA) is 72.2 Å². The highest BCUT2D eigenvalue weighted by Gasteiger charge is 2.26. The Morgan fingerprint density at radius 2 is 1.95 bits per heavy atom. The van der Waals surface area contributed by atoms with Gasteiger partial charge in [-0.25, -0.2) is 13.6 Å². The maximum absolute atomic E-state index is 11.2. The predicted octanol–water partition coefficient (Wildman–Crippen LogP) is 2.56. The molecule has 1 aliphatic carbocycles. The number of benzene rings is 1. The second-order valence-electron chi connectivity index (χ2n) is 5.71. The molecule has 3 unspecified atom stereocenters. The highest BCUT2D eigenvalue weighted by Crippen LogP contribution is 2.30. The summed E-state index contributed by atoms with van der Waals surface area (Å²) in [4.78, 5) is 0.167. The van der Waals surface area contributed by atoms with Gasteiger partial charge in [0.25, 0.3) is 0 Å². The molecule has 1 aromatic carbocycles. The van der Waals surface area contributed by atoms with E-state index < -0.39 is 10.0 Å². The quantitative estimate of drug-likeness (QED) is 0.877. The molecular formula is C15H24N2O2S. The van der Waals surface area contributed by atoms with E-state index >= 15 is 0 Å². The van der Waals surface area contributed by atoms with Crippen molar-refractivity contribution in [1.29, 1.82) is 0 Å². The van der Waals surface area contributed by atoms with Crippen LogP contribution in [-0.4, -0.2) is 14.5 Å². The lowest BCUT2D eigenvalue weighted by Crippen LogP contribution is -2.34. The number of sulfonamides is 1. The third-order valence-corrected chi connectivity index (χ3v) is 5.29. The fourth-order valence-corrected chi connectivity index (χ4v) is 3.62. The zero-order valence-electron chi connectivity index (χ0n) is 12.2. The Morgan fingerprint density at radius 3 is 2.50 bits per heavy atom. The van der Waals surface area contributed by atoms with Crippen LogP contribution in [0.25, 0.3) is 0 Å². The molecule has 1 aromatic rings. The lowest BCUT2D eigenvalue weighted by Gasteiger charge is -2.24. The van der Waals surface area contributed by atoms with Crippen LogP contribution in [0.15, 0.2) is 29.2 Å². The highest BCUT2D eigenvalue weighted by molar-refractivity contribution is 7.89. The van der Waals surface area contributed by atoms with E-state index in [1.54, 1.807) is 12.1 Å². The number of nitrogens with one attached hydrogen (secondary N) is 1. The van der Waals surface area contributed by atoms with Gasteiger partial charge in [0.2, 0.25) is 10.0 Å². The minimum absolute atomic E-state index is 0.167. The van der Waals surface area contributed by atoms with E-state index in [9.17, 15) is 8.42 Å². The highest BCUT2D eigenvalue weighted by atomic mass is 32.2. The first-order valence-corrected chi connectivity index (χ1v) is 8.85. The molecule has 20 heavy (non-hydrogen) atoms. The van der Waals surface area contributed by atoms with Gasteiger partial charge in [0.05, 0.1) is 4.90 Å². The normalized spacial score (nSPS) is 24.8. The van der Waals surface area contributed by atoms with E-state index in [2.05, 4.69) is 19.2 Å². The van der Waals surface area contributed by atoms with Gasteiger partial charge in [-0.05, 0) is 43.4 Å². The van der Waals surface area contributed by atoms with Gasteiger partial charge in [-0.2, -0.15) is 0 Å². The van der Waals surface area contributed by atoms with E-state index in [1.165, 1.54) is 25.7 Å². The molecule has 1 saturated carbocycles. The summed E-state index contributed by atoms with van der Waals surface area (Å²) in [7, 11) is -3.60. The van der Waals surface area contributed by atoms with Crippen molar-refractivity contribution in [3.63, 3.8) is 0 Å². The second kappa shape index (κ2) is 6.24. The summed E-state index contributed by atoms with van der Waals surface area (Å²) in [6, 6.07) is 7.64. The summed E-state index contributed by atoms with van der Waals surface area (Å²) < 4.78 is 22.5. The molecule has 2 rings (SSSR count). The van der Waals surface area contributed by atoms with Crippen LogP contribution in [0, 0.1) is 5.92 Å². The van der Waals surface area contributed by atoms with Crippen molar-refractivity contribution in [3.05, 3.63) is 29.8 Å². The van der Waals surface area contributed by atoms with Gasteiger partial charge in [0, 0.05) is 12.1 Å². The summed E-state index contributed by atoms with van der Waals surface area (Å²) >= 11 is 0. The molecule has 0 heterocycles. The van der Waals surface area contributed by atoms with Crippen molar-refractivity contribution in [3.8, 4) is 0 Å². The third kappa shape index (κ3) is 3.59. The van der Waals surface area contributed by atoms with Gasteiger partial charge < -0.3 is 5.32 Å². The Kier molecular flexibility index (Phi) is 4.83. The lowest BCUT2D eigenvalue weighted by atomic mass is 9.98. The molecule has 3 N–H and O–H groups in total. The van der Waals surface area contributed by atoms with Crippen molar-refractivity contribution in [1.82, 2.24) is 5.32 Å². The van der Waals surface area contributed by atoms with Gasteiger partial charge >= 0.3 is 0 Å². The molecule has 0 radical (unpaired) electrons. The number of hydrogen-bond donors (Lipinski definition) is 2. The van der Waals surface area contributed by atoms with E-state index in [4.69, 9.17) is 5.14 Å². The number of rotatable bonds is 5. The SMILES string of the molecule is CCC1CCCC1NC(C)c1ccc(S(N)(=O)=O)cc1. The van der Waals surface area contributed by atoms with Crippen LogP contribution in [0.4, 0.5) is 0 Å². The number of primary sulfonamides is 1. The first kappa shape index (κ1) is 15.5. The largest absolute Gasteiger partial charge is 0.307 e. The number of hydrogen-bond acceptors (Lipinski definition) is 3. The molecule has 0 amide bonds. The minimum atomic E-state index is -3.60. The molecule has 0 spiro atoms. The molecule has 4 nitrogen and oxygen atoms in total. The first-order valence-electron chi connectivity index (χ1n) is 7.30. The van der Waals surface area contributed by atoms with Crippen molar-refractivity contribution in [2.75, 3.05) is 0 Å². The fourth-order valence-electron chi connectivity index (χ4n) is 3.11. The van der Waals surface area contributed by atoms with E-state index in [0.29, 0.717) is 6.04 Å². The van der Waals surface area contributed by atoms with Crippen LogP contribution in [-0.2, 0) is 10.0 Å². The molecule has 112 valence electrons. The summed E-state index contributed by atoms with van der Waals surface area (Å²) in [5.41, 5.74) is 1.10. The van der Waals surface area contributed by atoms with Crippen LogP contribution in [0.5, 0.6) is 0 Å². The maximum atomic E-state index is 11.2. The van der Waals surface area contributed by atoms with Crippen LogP contribution in [0.1, 0.15) is 51.1 Å². The zero-order valence-corrected chi connectivity index (χ0v) is 13.0. The number of nitrogens with two attached hydrogens (primary N) is 1. The third-order valence-electron chi connectivity index (χ3n) is 4.36. The van der Waals surface area contributed by atoms with Crippen LogP contribution < -0.4 is 10.5 Å². The second-order valence-corrected chi connectivity index (χ2v) is 7.27. The minimum Gasteiger partial charge on any atom is -0.307 e. The first-order chi connectivity index (χ1) is 9.41. The van der Waals surface area contributed by atoms with Crippen LogP contribution in [0.3, 0.4) is 0 Å². The molecule has 1 aliphatic rings. The Balaban J connectivity index is 2.04. The van der Waals surface area contributed by atoms with Crippen molar-refractivity contribution >= 4 is 10.0 Å². The Hall–Kier alpha value is -0.910. The molecule has 0 saturated heterocycles. The summed E-state index contributed by atoms with van der Waals surface area (Å²) in [6.45, 7) is 4.37. The van der Waals surface area contributed by atoms with Gasteiger partial charge in [-0.3, -0.25) is 0 Å². The molecule has 5 heteroatoms. The molecule has 3 atom stereocenters. The molecular weight excluding hydrogens is 272 g/mol.